The van der Waals surface area contributed by atoms with Crippen molar-refractivity contribution in [2.75, 3.05) is 31.1 Å². The van der Waals surface area contributed by atoms with Gasteiger partial charge in [0.2, 0.25) is 0 Å². The molecule has 1 aromatic rings. The van der Waals surface area contributed by atoms with E-state index in [2.05, 4.69) is 107 Å². The van der Waals surface area contributed by atoms with Gasteiger partial charge in [-0.1, -0.05) is 70.9 Å². The highest BCUT2D eigenvalue weighted by atomic mass is 16.5. The number of fused-ring (bicyclic) bond motifs is 1. The molecule has 0 fully saturated rings. The third-order valence-corrected chi connectivity index (χ3v) is 8.79. The number of esters is 1. The summed E-state index contributed by atoms with van der Waals surface area (Å²) in [6.07, 6.45) is 15.5. The van der Waals surface area contributed by atoms with Crippen molar-refractivity contribution in [3.8, 4) is 0 Å². The molecule has 2 aliphatic rings. The minimum absolute atomic E-state index is 0.0262. The van der Waals surface area contributed by atoms with E-state index in [4.69, 9.17) is 4.74 Å². The largest absolute Gasteiger partial charge is 0.462 e. The topological polar surface area (TPSA) is 32.5 Å². The Labute approximate surface area is 238 Å². The Balaban J connectivity index is 2.15. The third-order valence-electron chi connectivity index (χ3n) is 8.79. The van der Waals surface area contributed by atoms with Gasteiger partial charge >= 0.3 is 5.97 Å². The number of carbonyl (C=O) groups is 1. The van der Waals surface area contributed by atoms with Crippen LogP contribution in [-0.2, 0) is 14.9 Å². The lowest BCUT2D eigenvalue weighted by Gasteiger charge is -2.28. The molecule has 0 aliphatic carbocycles. The summed E-state index contributed by atoms with van der Waals surface area (Å²) in [4.78, 5) is 16.0. The molecule has 0 bridgehead atoms. The number of para-hydroxylation sites is 1. The van der Waals surface area contributed by atoms with Gasteiger partial charge in [-0.15, -0.1) is 0 Å². The summed E-state index contributed by atoms with van der Waals surface area (Å²) < 4.78 is 8.21. The zero-order chi connectivity index (χ0) is 28.6. The standard InChI is InChI=1S/C35H53N2O2/c1-9-13-16-19-28-26-36(22-14-10-2)31(34(28,5)6)24-27(33(38)39-12-4)25-32-35(7,8)29-20-17-18-21-30(29)37(32)23-15-11-3/h9,13,17-18,20-21,24-25,28H,10-12,14-16,19,22-23,26H2,1-8H3/q+1/b13-9-. The second-order valence-electron chi connectivity index (χ2n) is 12.2. The molecule has 0 saturated carbocycles. The lowest BCUT2D eigenvalue weighted by Crippen LogP contribution is -2.30. The summed E-state index contributed by atoms with van der Waals surface area (Å²) in [7, 11) is 0. The lowest BCUT2D eigenvalue weighted by atomic mass is 9.74. The van der Waals surface area contributed by atoms with Gasteiger partial charge in [0, 0.05) is 41.8 Å². The van der Waals surface area contributed by atoms with Crippen LogP contribution < -0.4 is 4.90 Å². The molecule has 0 saturated heterocycles. The van der Waals surface area contributed by atoms with Crippen LogP contribution in [0, 0.1) is 11.3 Å². The van der Waals surface area contributed by atoms with Crippen molar-refractivity contribution >= 4 is 17.4 Å². The zero-order valence-corrected chi connectivity index (χ0v) is 26.0. The van der Waals surface area contributed by atoms with Crippen LogP contribution in [0.15, 0.2) is 59.8 Å². The van der Waals surface area contributed by atoms with Gasteiger partial charge in [-0.2, -0.15) is 0 Å². The average Bonchev–Trinajstić information content (AvgIpc) is 3.27. The fraction of sp³-hybridized carbons (Fsp3) is 0.600. The Bertz CT molecular complexity index is 1120. The summed E-state index contributed by atoms with van der Waals surface area (Å²) in [5.41, 5.74) is 5.45. The maximum absolute atomic E-state index is 13.6. The van der Waals surface area contributed by atoms with Crippen molar-refractivity contribution in [1.82, 2.24) is 0 Å². The Morgan fingerprint density at radius 2 is 1.82 bits per heavy atom. The Kier molecular flexibility index (Phi) is 10.8. The number of carbonyl (C=O) groups excluding carboxylic acids is 1. The molecule has 3 rings (SSSR count). The van der Waals surface area contributed by atoms with Gasteiger partial charge in [0.1, 0.15) is 13.1 Å². The van der Waals surface area contributed by atoms with Gasteiger partial charge in [-0.25, -0.2) is 9.37 Å². The Morgan fingerprint density at radius 1 is 1.10 bits per heavy atom. The van der Waals surface area contributed by atoms with Gasteiger partial charge in [0.05, 0.1) is 17.6 Å². The smallest absolute Gasteiger partial charge is 0.338 e. The molecule has 214 valence electrons. The first-order valence-electron chi connectivity index (χ1n) is 15.3. The van der Waals surface area contributed by atoms with Crippen molar-refractivity contribution in [3.05, 3.63) is 65.4 Å². The lowest BCUT2D eigenvalue weighted by molar-refractivity contribution is -0.524. The van der Waals surface area contributed by atoms with E-state index < -0.39 is 0 Å². The summed E-state index contributed by atoms with van der Waals surface area (Å²) in [6, 6.07) is 8.70. The van der Waals surface area contributed by atoms with Gasteiger partial charge in [-0.3, -0.25) is 0 Å². The first-order valence-corrected chi connectivity index (χ1v) is 15.3. The molecule has 1 unspecified atom stereocenters. The van der Waals surface area contributed by atoms with Crippen molar-refractivity contribution in [2.24, 2.45) is 11.3 Å². The van der Waals surface area contributed by atoms with E-state index in [1.807, 2.05) is 6.92 Å². The van der Waals surface area contributed by atoms with E-state index in [-0.39, 0.29) is 16.8 Å². The van der Waals surface area contributed by atoms with Crippen molar-refractivity contribution in [1.29, 1.82) is 0 Å². The second kappa shape index (κ2) is 13.6. The number of hydrogen-bond acceptors (Lipinski definition) is 3. The first kappa shape index (κ1) is 30.9. The Hall–Kier alpha value is -2.62. The van der Waals surface area contributed by atoms with Crippen LogP contribution >= 0.6 is 0 Å². The molecule has 39 heavy (non-hydrogen) atoms. The number of nitrogens with zero attached hydrogens (tertiary/aromatic N) is 2. The van der Waals surface area contributed by atoms with Crippen LogP contribution in [0.2, 0.25) is 0 Å². The second-order valence-corrected chi connectivity index (χ2v) is 12.2. The van der Waals surface area contributed by atoms with Crippen LogP contribution in [0.1, 0.15) is 99.5 Å². The highest BCUT2D eigenvalue weighted by Gasteiger charge is 2.47. The minimum Gasteiger partial charge on any atom is -0.462 e. The molecule has 0 amide bonds. The molecule has 0 aromatic heterocycles. The number of anilines is 1. The van der Waals surface area contributed by atoms with Gasteiger partial charge in [0.25, 0.3) is 0 Å². The number of unbranched alkanes of at least 4 members (excludes halogenated alkanes) is 2. The predicted octanol–water partition coefficient (Wildman–Crippen LogP) is 8.22. The number of allylic oxidation sites excluding steroid dienone is 4. The van der Waals surface area contributed by atoms with E-state index in [0.29, 0.717) is 18.1 Å². The third kappa shape index (κ3) is 6.76. The van der Waals surface area contributed by atoms with Gasteiger partial charge in [0.15, 0.2) is 5.71 Å². The summed E-state index contributed by atoms with van der Waals surface area (Å²) in [6.45, 7) is 21.1. The van der Waals surface area contributed by atoms with Crippen LogP contribution in [0.4, 0.5) is 5.69 Å². The van der Waals surface area contributed by atoms with Crippen LogP contribution in [-0.4, -0.2) is 42.5 Å². The molecule has 1 atom stereocenters. The molecular formula is C35H53N2O2+. The van der Waals surface area contributed by atoms with Gasteiger partial charge in [-0.05, 0) is 64.7 Å². The zero-order valence-electron chi connectivity index (χ0n) is 26.0. The molecule has 0 radical (unpaired) electrons. The van der Waals surface area contributed by atoms with Gasteiger partial charge < -0.3 is 9.64 Å². The predicted molar refractivity (Wildman–Crippen MR) is 166 cm³/mol. The maximum atomic E-state index is 13.6. The number of benzene rings is 1. The van der Waals surface area contributed by atoms with Crippen molar-refractivity contribution in [3.63, 3.8) is 0 Å². The molecular weight excluding hydrogens is 480 g/mol. The molecule has 0 N–H and O–H groups in total. The highest BCUT2D eigenvalue weighted by Crippen LogP contribution is 2.48. The highest BCUT2D eigenvalue weighted by molar-refractivity contribution is 6.04. The summed E-state index contributed by atoms with van der Waals surface area (Å²) in [5.74, 6) is 0.310. The molecule has 0 spiro atoms. The molecule has 4 heteroatoms. The molecule has 2 heterocycles. The van der Waals surface area contributed by atoms with Crippen molar-refractivity contribution < 1.29 is 14.1 Å². The number of ether oxygens (including phenoxy) is 1. The van der Waals surface area contributed by atoms with Crippen molar-refractivity contribution in [2.45, 2.75) is 99.3 Å². The summed E-state index contributed by atoms with van der Waals surface area (Å²) >= 11 is 0. The normalized spacial score (nSPS) is 21.3. The van der Waals surface area contributed by atoms with Crippen LogP contribution in [0.3, 0.4) is 0 Å². The van der Waals surface area contributed by atoms with E-state index in [1.165, 1.54) is 22.7 Å². The molecule has 4 nitrogen and oxygen atoms in total. The van der Waals surface area contributed by atoms with E-state index >= 15 is 0 Å². The average molecular weight is 534 g/mol. The maximum Gasteiger partial charge on any atom is 0.338 e. The number of hydrogen-bond donors (Lipinski definition) is 0. The van der Waals surface area contributed by atoms with E-state index in [9.17, 15) is 4.79 Å². The monoisotopic (exact) mass is 533 g/mol. The quantitative estimate of drug-likeness (QED) is 0.111. The fourth-order valence-electron chi connectivity index (χ4n) is 6.29. The van der Waals surface area contributed by atoms with E-state index in [0.717, 1.165) is 58.2 Å². The first-order chi connectivity index (χ1) is 18.6. The fourth-order valence-corrected chi connectivity index (χ4v) is 6.29. The van der Waals surface area contributed by atoms with E-state index in [1.54, 1.807) is 0 Å². The molecule has 2 aliphatic heterocycles. The number of rotatable bonds is 13. The molecule has 1 aromatic carbocycles. The summed E-state index contributed by atoms with van der Waals surface area (Å²) in [5, 5.41) is 0. The van der Waals surface area contributed by atoms with Crippen LogP contribution in [0.25, 0.3) is 0 Å². The minimum atomic E-state index is -0.233. The SMILES string of the molecule is C/C=C\CCC1C[N+](CCCC)=C(/C=C(/C=C2/N(CCCC)c3ccccc3C2(C)C)C(=O)OCC)C1(C)C. The van der Waals surface area contributed by atoms with Crippen LogP contribution in [0.5, 0.6) is 0 Å². The Morgan fingerprint density at radius 3 is 2.49 bits per heavy atom.